The van der Waals surface area contributed by atoms with Gasteiger partial charge in [-0.15, -0.1) is 0 Å². The van der Waals surface area contributed by atoms with Gasteiger partial charge in [0.05, 0.1) is 17.7 Å². The van der Waals surface area contributed by atoms with Crippen molar-refractivity contribution in [3.63, 3.8) is 0 Å². The van der Waals surface area contributed by atoms with Gasteiger partial charge in [0.15, 0.2) is 0 Å². The Labute approximate surface area is 98.2 Å². The van der Waals surface area contributed by atoms with E-state index >= 15 is 0 Å². The molecule has 0 bridgehead atoms. The summed E-state index contributed by atoms with van der Waals surface area (Å²) >= 11 is 0. The maximum Gasteiger partial charge on any atom is 0.270 e. The van der Waals surface area contributed by atoms with Crippen LogP contribution in [0.2, 0.25) is 0 Å². The Morgan fingerprint density at radius 3 is 2.94 bits per heavy atom. The molecule has 0 amide bonds. The number of nitro groups is 1. The average Bonchev–Trinajstić information content (AvgIpc) is 2.78. The van der Waals surface area contributed by atoms with Crippen molar-refractivity contribution in [2.75, 3.05) is 7.05 Å². The number of benzene rings is 1. The zero-order valence-electron chi connectivity index (χ0n) is 9.34. The quantitative estimate of drug-likeness (QED) is 0.649. The first-order valence-electron chi connectivity index (χ1n) is 5.18. The van der Waals surface area contributed by atoms with Gasteiger partial charge in [0, 0.05) is 17.7 Å². The van der Waals surface area contributed by atoms with Crippen molar-refractivity contribution in [2.45, 2.75) is 6.54 Å². The van der Waals surface area contributed by atoms with Crippen LogP contribution in [-0.2, 0) is 6.54 Å². The summed E-state index contributed by atoms with van der Waals surface area (Å²) in [4.78, 5) is 10.3. The molecule has 0 atom stereocenters. The standard InChI is InChI=1S/C12H12N2O3/c1-13-8-12-11(5-6-17-12)9-3-2-4-10(7-9)14(15)16/h2-7,13H,8H2,1H3. The summed E-state index contributed by atoms with van der Waals surface area (Å²) in [6.07, 6.45) is 1.58. The molecule has 1 heterocycles. The highest BCUT2D eigenvalue weighted by Crippen LogP contribution is 2.27. The van der Waals surface area contributed by atoms with Crippen molar-refractivity contribution in [3.8, 4) is 11.1 Å². The second kappa shape index (κ2) is 4.80. The number of nitro benzene ring substituents is 1. The summed E-state index contributed by atoms with van der Waals surface area (Å²) < 4.78 is 5.33. The van der Waals surface area contributed by atoms with Crippen LogP contribution in [0.4, 0.5) is 5.69 Å². The molecule has 0 spiro atoms. The first kappa shape index (κ1) is 11.3. The van der Waals surface area contributed by atoms with Crippen molar-refractivity contribution in [1.29, 1.82) is 0 Å². The third-order valence-corrected chi connectivity index (χ3v) is 2.45. The zero-order valence-corrected chi connectivity index (χ0v) is 9.34. The van der Waals surface area contributed by atoms with Crippen LogP contribution < -0.4 is 5.32 Å². The number of furan rings is 1. The van der Waals surface area contributed by atoms with Crippen LogP contribution in [0.25, 0.3) is 11.1 Å². The largest absolute Gasteiger partial charge is 0.467 e. The minimum absolute atomic E-state index is 0.0825. The van der Waals surface area contributed by atoms with Crippen LogP contribution >= 0.6 is 0 Å². The molecule has 88 valence electrons. The van der Waals surface area contributed by atoms with Gasteiger partial charge < -0.3 is 9.73 Å². The monoisotopic (exact) mass is 232 g/mol. The Kier molecular flexibility index (Phi) is 3.20. The molecule has 0 radical (unpaired) electrons. The predicted molar refractivity (Wildman–Crippen MR) is 63.6 cm³/mol. The van der Waals surface area contributed by atoms with E-state index in [0.29, 0.717) is 6.54 Å². The maximum absolute atomic E-state index is 10.7. The van der Waals surface area contributed by atoms with Gasteiger partial charge in [-0.1, -0.05) is 12.1 Å². The fraction of sp³-hybridized carbons (Fsp3) is 0.167. The Morgan fingerprint density at radius 1 is 1.41 bits per heavy atom. The Bertz CT molecular complexity index is 534. The van der Waals surface area contributed by atoms with Gasteiger partial charge in [0.25, 0.3) is 5.69 Å². The van der Waals surface area contributed by atoms with Crippen molar-refractivity contribution in [3.05, 3.63) is 52.5 Å². The van der Waals surface area contributed by atoms with Gasteiger partial charge in [-0.05, 0) is 18.7 Å². The lowest BCUT2D eigenvalue weighted by molar-refractivity contribution is -0.384. The molecule has 1 aromatic carbocycles. The van der Waals surface area contributed by atoms with Gasteiger partial charge in [-0.25, -0.2) is 0 Å². The van der Waals surface area contributed by atoms with E-state index in [1.54, 1.807) is 18.4 Å². The number of non-ortho nitro benzene ring substituents is 1. The number of nitrogens with one attached hydrogen (secondary N) is 1. The normalized spacial score (nSPS) is 10.4. The van der Waals surface area contributed by atoms with Crippen molar-refractivity contribution in [2.24, 2.45) is 0 Å². The lowest BCUT2D eigenvalue weighted by Gasteiger charge is -2.02. The van der Waals surface area contributed by atoms with Crippen molar-refractivity contribution >= 4 is 5.69 Å². The summed E-state index contributed by atoms with van der Waals surface area (Å²) in [6.45, 7) is 0.588. The molecule has 2 rings (SSSR count). The molecule has 0 aliphatic carbocycles. The SMILES string of the molecule is CNCc1occc1-c1cccc([N+](=O)[O-])c1. The van der Waals surface area contributed by atoms with Crippen LogP contribution in [0.3, 0.4) is 0 Å². The van der Waals surface area contributed by atoms with Gasteiger partial charge in [0.1, 0.15) is 5.76 Å². The fourth-order valence-electron chi connectivity index (χ4n) is 1.68. The minimum atomic E-state index is -0.401. The number of rotatable bonds is 4. The predicted octanol–water partition coefficient (Wildman–Crippen LogP) is 2.57. The molecule has 5 heteroatoms. The summed E-state index contributed by atoms with van der Waals surface area (Å²) in [5, 5.41) is 13.7. The second-order valence-electron chi connectivity index (χ2n) is 3.60. The zero-order chi connectivity index (χ0) is 12.3. The molecule has 0 saturated carbocycles. The molecule has 2 aromatic rings. The Balaban J connectivity index is 2.42. The molecular formula is C12H12N2O3. The van der Waals surface area contributed by atoms with E-state index < -0.39 is 4.92 Å². The van der Waals surface area contributed by atoms with E-state index in [1.165, 1.54) is 6.07 Å². The number of hydrogen-bond donors (Lipinski definition) is 1. The fourth-order valence-corrected chi connectivity index (χ4v) is 1.68. The number of nitrogens with zero attached hydrogens (tertiary/aromatic N) is 1. The van der Waals surface area contributed by atoms with E-state index in [0.717, 1.165) is 16.9 Å². The summed E-state index contributed by atoms with van der Waals surface area (Å²) in [5.41, 5.74) is 1.75. The molecule has 0 saturated heterocycles. The molecule has 0 aliphatic heterocycles. The van der Waals surface area contributed by atoms with Crippen LogP contribution in [-0.4, -0.2) is 12.0 Å². The Morgan fingerprint density at radius 2 is 2.24 bits per heavy atom. The highest BCUT2D eigenvalue weighted by molar-refractivity contribution is 5.67. The smallest absolute Gasteiger partial charge is 0.270 e. The molecule has 0 fully saturated rings. The molecule has 5 nitrogen and oxygen atoms in total. The van der Waals surface area contributed by atoms with E-state index in [4.69, 9.17) is 4.42 Å². The molecule has 17 heavy (non-hydrogen) atoms. The second-order valence-corrected chi connectivity index (χ2v) is 3.60. The van der Waals surface area contributed by atoms with Gasteiger partial charge in [-0.2, -0.15) is 0 Å². The highest BCUT2D eigenvalue weighted by atomic mass is 16.6. The summed E-state index contributed by atoms with van der Waals surface area (Å²) in [6, 6.07) is 8.33. The van der Waals surface area contributed by atoms with E-state index in [2.05, 4.69) is 5.32 Å². The van der Waals surface area contributed by atoms with Crippen LogP contribution in [0.1, 0.15) is 5.76 Å². The topological polar surface area (TPSA) is 68.3 Å². The van der Waals surface area contributed by atoms with Crippen LogP contribution in [0.15, 0.2) is 41.0 Å². The van der Waals surface area contributed by atoms with Gasteiger partial charge >= 0.3 is 0 Å². The lowest BCUT2D eigenvalue weighted by atomic mass is 10.1. The summed E-state index contributed by atoms with van der Waals surface area (Å²) in [5.74, 6) is 0.771. The highest BCUT2D eigenvalue weighted by Gasteiger charge is 2.11. The van der Waals surface area contributed by atoms with Crippen LogP contribution in [0, 0.1) is 10.1 Å². The lowest BCUT2D eigenvalue weighted by Crippen LogP contribution is -2.04. The maximum atomic E-state index is 10.7. The van der Waals surface area contributed by atoms with Gasteiger partial charge in [-0.3, -0.25) is 10.1 Å². The van der Waals surface area contributed by atoms with Crippen molar-refractivity contribution < 1.29 is 9.34 Å². The molecule has 1 N–H and O–H groups in total. The van der Waals surface area contributed by atoms with E-state index in [9.17, 15) is 10.1 Å². The molecule has 1 aromatic heterocycles. The van der Waals surface area contributed by atoms with Crippen molar-refractivity contribution in [1.82, 2.24) is 5.32 Å². The first-order valence-corrected chi connectivity index (χ1v) is 5.18. The average molecular weight is 232 g/mol. The Hall–Kier alpha value is -2.14. The third-order valence-electron chi connectivity index (χ3n) is 2.45. The molecule has 0 aliphatic rings. The summed E-state index contributed by atoms with van der Waals surface area (Å²) in [7, 11) is 1.82. The van der Waals surface area contributed by atoms with E-state index in [1.807, 2.05) is 19.2 Å². The van der Waals surface area contributed by atoms with E-state index in [-0.39, 0.29) is 5.69 Å². The number of hydrogen-bond acceptors (Lipinski definition) is 4. The molecule has 0 unspecified atom stereocenters. The first-order chi connectivity index (χ1) is 8.22. The third kappa shape index (κ3) is 2.34. The van der Waals surface area contributed by atoms with Crippen LogP contribution in [0.5, 0.6) is 0 Å². The van der Waals surface area contributed by atoms with Gasteiger partial charge in [0.2, 0.25) is 0 Å². The molecular weight excluding hydrogens is 220 g/mol. The minimum Gasteiger partial charge on any atom is -0.467 e.